The van der Waals surface area contributed by atoms with Gasteiger partial charge in [-0.3, -0.25) is 4.79 Å². The lowest BCUT2D eigenvalue weighted by Gasteiger charge is -2.09. The molecule has 2 rings (SSSR count). The van der Waals surface area contributed by atoms with E-state index in [0.29, 0.717) is 36.4 Å². The third-order valence-electron chi connectivity index (χ3n) is 3.26. The number of nitrogens with zero attached hydrogens (tertiary/aromatic N) is 3. The Morgan fingerprint density at radius 3 is 2.77 bits per heavy atom. The molecule has 0 amide bonds. The Morgan fingerprint density at radius 2 is 2.05 bits per heavy atom. The first-order valence-electron chi connectivity index (χ1n) is 6.89. The number of aryl methyl sites for hydroxylation is 2. The van der Waals surface area contributed by atoms with Crippen molar-refractivity contribution >= 4 is 0 Å². The van der Waals surface area contributed by atoms with Crippen molar-refractivity contribution in [1.29, 1.82) is 10.5 Å². The molecule has 2 aromatic rings. The van der Waals surface area contributed by atoms with Gasteiger partial charge < -0.3 is 9.30 Å². The number of nitriles is 2. The highest BCUT2D eigenvalue weighted by Crippen LogP contribution is 2.12. The molecule has 0 aliphatic rings. The SMILES string of the molecule is Cc1ccn(CCCOc2cccc(C#N)c2)c(=O)c1C#N. The van der Waals surface area contributed by atoms with Crippen molar-refractivity contribution in [1.82, 2.24) is 4.57 Å². The summed E-state index contributed by atoms with van der Waals surface area (Å²) in [6.07, 6.45) is 2.32. The zero-order valence-corrected chi connectivity index (χ0v) is 12.2. The topological polar surface area (TPSA) is 78.8 Å². The molecule has 0 fully saturated rings. The summed E-state index contributed by atoms with van der Waals surface area (Å²) in [5, 5.41) is 17.8. The molecular formula is C17H15N3O2. The molecule has 22 heavy (non-hydrogen) atoms. The van der Waals surface area contributed by atoms with Gasteiger partial charge >= 0.3 is 0 Å². The Kier molecular flexibility index (Phi) is 4.95. The molecule has 0 radical (unpaired) electrons. The van der Waals surface area contributed by atoms with Crippen LogP contribution in [-0.4, -0.2) is 11.2 Å². The highest BCUT2D eigenvalue weighted by atomic mass is 16.5. The van der Waals surface area contributed by atoms with Crippen molar-refractivity contribution < 1.29 is 4.74 Å². The van der Waals surface area contributed by atoms with Gasteiger partial charge in [-0.2, -0.15) is 10.5 Å². The maximum Gasteiger partial charge on any atom is 0.268 e. The molecule has 0 aliphatic carbocycles. The summed E-state index contributed by atoms with van der Waals surface area (Å²) in [5.41, 5.74) is 1.15. The van der Waals surface area contributed by atoms with Gasteiger partial charge in [-0.25, -0.2) is 0 Å². The van der Waals surface area contributed by atoms with Gasteiger partial charge in [0.05, 0.1) is 18.2 Å². The maximum absolute atomic E-state index is 12.0. The maximum atomic E-state index is 12.0. The van der Waals surface area contributed by atoms with E-state index in [4.69, 9.17) is 15.3 Å². The van der Waals surface area contributed by atoms with Crippen molar-refractivity contribution in [2.45, 2.75) is 19.9 Å². The van der Waals surface area contributed by atoms with Gasteiger partial charge in [-0.1, -0.05) is 6.07 Å². The number of pyridine rings is 1. The van der Waals surface area contributed by atoms with Crippen LogP contribution in [0.1, 0.15) is 23.1 Å². The first-order chi connectivity index (χ1) is 10.7. The predicted molar refractivity (Wildman–Crippen MR) is 81.4 cm³/mol. The van der Waals surface area contributed by atoms with Crippen molar-refractivity contribution in [3.8, 4) is 17.9 Å². The fourth-order valence-corrected chi connectivity index (χ4v) is 2.06. The average molecular weight is 293 g/mol. The number of ether oxygens (including phenoxy) is 1. The van der Waals surface area contributed by atoms with Crippen LogP contribution < -0.4 is 10.3 Å². The van der Waals surface area contributed by atoms with Gasteiger partial charge in [0, 0.05) is 12.7 Å². The fraction of sp³-hybridized carbons (Fsp3) is 0.235. The quantitative estimate of drug-likeness (QED) is 0.793. The van der Waals surface area contributed by atoms with Crippen molar-refractivity contribution in [2.75, 3.05) is 6.61 Å². The van der Waals surface area contributed by atoms with E-state index >= 15 is 0 Å². The number of hydrogen-bond acceptors (Lipinski definition) is 4. The minimum atomic E-state index is -0.269. The van der Waals surface area contributed by atoms with Crippen molar-refractivity contribution in [3.05, 3.63) is 63.6 Å². The number of hydrogen-bond donors (Lipinski definition) is 0. The standard InChI is InChI=1S/C17H15N3O2/c1-13-6-8-20(17(21)16(13)12-19)7-3-9-22-15-5-2-4-14(10-15)11-18/h2,4-6,8,10H,3,7,9H2,1H3. The van der Waals surface area contributed by atoms with Crippen LogP contribution in [-0.2, 0) is 6.54 Å². The zero-order valence-electron chi connectivity index (χ0n) is 12.2. The second-order valence-electron chi connectivity index (χ2n) is 4.83. The smallest absolute Gasteiger partial charge is 0.268 e. The van der Waals surface area contributed by atoms with Crippen LogP contribution >= 0.6 is 0 Å². The van der Waals surface area contributed by atoms with E-state index in [9.17, 15) is 4.79 Å². The summed E-state index contributed by atoms with van der Waals surface area (Å²) < 4.78 is 7.07. The van der Waals surface area contributed by atoms with Crippen LogP contribution in [0.2, 0.25) is 0 Å². The lowest BCUT2D eigenvalue weighted by atomic mass is 10.2. The van der Waals surface area contributed by atoms with E-state index in [1.54, 1.807) is 43.5 Å². The van der Waals surface area contributed by atoms with Crippen LogP contribution in [0.3, 0.4) is 0 Å². The van der Waals surface area contributed by atoms with E-state index in [1.165, 1.54) is 4.57 Å². The molecule has 0 saturated heterocycles. The van der Waals surface area contributed by atoms with Crippen molar-refractivity contribution in [3.63, 3.8) is 0 Å². The highest BCUT2D eigenvalue weighted by Gasteiger charge is 2.06. The first-order valence-corrected chi connectivity index (χ1v) is 6.89. The van der Waals surface area contributed by atoms with E-state index in [2.05, 4.69) is 6.07 Å². The molecule has 0 unspecified atom stereocenters. The first kappa shape index (κ1) is 15.3. The van der Waals surface area contributed by atoms with Gasteiger partial charge in [-0.15, -0.1) is 0 Å². The third-order valence-corrected chi connectivity index (χ3v) is 3.26. The Labute approximate surface area is 128 Å². The Hall–Kier alpha value is -3.05. The summed E-state index contributed by atoms with van der Waals surface area (Å²) in [5.74, 6) is 0.632. The van der Waals surface area contributed by atoms with E-state index in [1.807, 2.05) is 6.07 Å². The van der Waals surface area contributed by atoms with Gasteiger partial charge in [-0.05, 0) is 43.2 Å². The Balaban J connectivity index is 1.94. The zero-order chi connectivity index (χ0) is 15.9. The summed E-state index contributed by atoms with van der Waals surface area (Å²) in [4.78, 5) is 12.0. The second kappa shape index (κ2) is 7.10. The monoisotopic (exact) mass is 293 g/mol. The molecule has 0 spiro atoms. The van der Waals surface area contributed by atoms with Gasteiger partial charge in [0.25, 0.3) is 5.56 Å². The Morgan fingerprint density at radius 1 is 1.23 bits per heavy atom. The lowest BCUT2D eigenvalue weighted by Crippen LogP contribution is -2.23. The van der Waals surface area contributed by atoms with Crippen molar-refractivity contribution in [2.24, 2.45) is 0 Å². The molecule has 5 nitrogen and oxygen atoms in total. The molecule has 0 saturated carbocycles. The summed E-state index contributed by atoms with van der Waals surface area (Å²) >= 11 is 0. The molecular weight excluding hydrogens is 278 g/mol. The van der Waals surface area contributed by atoms with E-state index < -0.39 is 0 Å². The molecule has 1 heterocycles. The summed E-state index contributed by atoms with van der Waals surface area (Å²) in [6.45, 7) is 2.65. The molecule has 1 aromatic heterocycles. The van der Waals surface area contributed by atoms with Gasteiger partial charge in [0.2, 0.25) is 0 Å². The Bertz CT molecular complexity index is 810. The van der Waals surface area contributed by atoms with Crippen LogP contribution in [0.5, 0.6) is 5.75 Å². The molecule has 110 valence electrons. The van der Waals surface area contributed by atoms with Gasteiger partial charge in [0.1, 0.15) is 17.4 Å². The third kappa shape index (κ3) is 3.53. The molecule has 0 N–H and O–H groups in total. The lowest BCUT2D eigenvalue weighted by molar-refractivity contribution is 0.301. The molecule has 0 bridgehead atoms. The predicted octanol–water partition coefficient (Wildman–Crippen LogP) is 2.37. The van der Waals surface area contributed by atoms with Crippen LogP contribution in [0.25, 0.3) is 0 Å². The van der Waals surface area contributed by atoms with Crippen LogP contribution in [0.4, 0.5) is 0 Å². The van der Waals surface area contributed by atoms with Crippen LogP contribution in [0, 0.1) is 29.6 Å². The fourth-order valence-electron chi connectivity index (χ4n) is 2.06. The largest absolute Gasteiger partial charge is 0.493 e. The highest BCUT2D eigenvalue weighted by molar-refractivity contribution is 5.36. The van der Waals surface area contributed by atoms with Gasteiger partial charge in [0.15, 0.2) is 0 Å². The van der Waals surface area contributed by atoms with Crippen LogP contribution in [0.15, 0.2) is 41.3 Å². The molecule has 0 aliphatic heterocycles. The van der Waals surface area contributed by atoms with E-state index in [-0.39, 0.29) is 11.1 Å². The molecule has 0 atom stereocenters. The summed E-state index contributed by atoms with van der Waals surface area (Å²) in [6, 6.07) is 12.7. The number of rotatable bonds is 5. The minimum absolute atomic E-state index is 0.185. The molecule has 5 heteroatoms. The number of aromatic nitrogens is 1. The minimum Gasteiger partial charge on any atom is -0.493 e. The average Bonchev–Trinajstić information content (AvgIpc) is 2.54. The van der Waals surface area contributed by atoms with E-state index in [0.717, 1.165) is 0 Å². The molecule has 1 aromatic carbocycles. The summed E-state index contributed by atoms with van der Waals surface area (Å²) in [7, 11) is 0. The number of benzene rings is 1. The normalized spacial score (nSPS) is 9.77. The second-order valence-corrected chi connectivity index (χ2v) is 4.83.